The van der Waals surface area contributed by atoms with Gasteiger partial charge in [-0.25, -0.2) is 0 Å². The van der Waals surface area contributed by atoms with Crippen molar-refractivity contribution < 1.29 is 4.79 Å². The summed E-state index contributed by atoms with van der Waals surface area (Å²) in [7, 11) is 0. The lowest BCUT2D eigenvalue weighted by molar-refractivity contribution is -0.128. The van der Waals surface area contributed by atoms with Crippen LogP contribution >= 0.6 is 23.4 Å². The van der Waals surface area contributed by atoms with Crippen LogP contribution in [-0.4, -0.2) is 43.3 Å². The van der Waals surface area contributed by atoms with Gasteiger partial charge in [0.25, 0.3) is 0 Å². The summed E-state index contributed by atoms with van der Waals surface area (Å²) in [6, 6.07) is 17.2. The molecule has 8 heteroatoms. The highest BCUT2D eigenvalue weighted by Crippen LogP contribution is 2.21. The van der Waals surface area contributed by atoms with Crippen LogP contribution in [0.5, 0.6) is 0 Å². The van der Waals surface area contributed by atoms with Crippen molar-refractivity contribution in [2.24, 2.45) is 0 Å². The summed E-state index contributed by atoms with van der Waals surface area (Å²) < 4.78 is 1.58. The lowest BCUT2D eigenvalue weighted by Gasteiger charge is -2.20. The largest absolute Gasteiger partial charge is 0.338 e. The maximum atomic E-state index is 12.6. The number of aromatic nitrogens is 4. The fourth-order valence-corrected chi connectivity index (χ4v) is 3.41. The van der Waals surface area contributed by atoms with Gasteiger partial charge in [-0.3, -0.25) is 4.79 Å². The van der Waals surface area contributed by atoms with E-state index in [0.717, 1.165) is 11.3 Å². The van der Waals surface area contributed by atoms with E-state index in [1.807, 2.05) is 54.3 Å². The first-order valence-electron chi connectivity index (χ1n) is 8.16. The van der Waals surface area contributed by atoms with Gasteiger partial charge in [0.05, 0.1) is 11.4 Å². The van der Waals surface area contributed by atoms with Gasteiger partial charge >= 0.3 is 0 Å². The Morgan fingerprint density at radius 2 is 2.00 bits per heavy atom. The van der Waals surface area contributed by atoms with Crippen molar-refractivity contribution in [1.82, 2.24) is 25.1 Å². The second kappa shape index (κ2) is 8.82. The van der Waals surface area contributed by atoms with Crippen molar-refractivity contribution in [2.75, 3.05) is 12.3 Å². The summed E-state index contributed by atoms with van der Waals surface area (Å²) in [5.41, 5.74) is 1.87. The molecule has 0 unspecified atom stereocenters. The first kappa shape index (κ1) is 18.4. The van der Waals surface area contributed by atoms with Crippen LogP contribution in [0.25, 0.3) is 5.69 Å². The summed E-state index contributed by atoms with van der Waals surface area (Å²) in [5, 5.41) is 12.9. The Kier molecular flexibility index (Phi) is 6.25. The average molecular weight is 388 g/mol. The second-order valence-corrected chi connectivity index (χ2v) is 6.91. The smallest absolute Gasteiger partial charge is 0.233 e. The summed E-state index contributed by atoms with van der Waals surface area (Å²) in [6.07, 6.45) is 0. The number of halogens is 1. The molecule has 1 amide bonds. The third kappa shape index (κ3) is 4.62. The van der Waals surface area contributed by atoms with Gasteiger partial charge in [0.15, 0.2) is 0 Å². The molecule has 26 heavy (non-hydrogen) atoms. The van der Waals surface area contributed by atoms with Crippen molar-refractivity contribution >= 4 is 29.3 Å². The van der Waals surface area contributed by atoms with Gasteiger partial charge in [-0.2, -0.15) is 4.68 Å². The fraction of sp³-hybridized carbons (Fsp3) is 0.222. The zero-order valence-electron chi connectivity index (χ0n) is 14.2. The molecule has 0 atom stereocenters. The fourth-order valence-electron chi connectivity index (χ4n) is 2.44. The van der Waals surface area contributed by atoms with Gasteiger partial charge in [-0.05, 0) is 41.1 Å². The first-order valence-corrected chi connectivity index (χ1v) is 9.52. The molecule has 0 bridgehead atoms. The van der Waals surface area contributed by atoms with E-state index in [2.05, 4.69) is 15.5 Å². The van der Waals surface area contributed by atoms with Crippen molar-refractivity contribution in [3.05, 3.63) is 65.2 Å². The number of tetrazole rings is 1. The molecule has 0 fully saturated rings. The van der Waals surface area contributed by atoms with Crippen molar-refractivity contribution in [2.45, 2.75) is 18.6 Å². The van der Waals surface area contributed by atoms with E-state index in [4.69, 9.17) is 11.6 Å². The Morgan fingerprint density at radius 1 is 1.19 bits per heavy atom. The molecule has 1 heterocycles. The summed E-state index contributed by atoms with van der Waals surface area (Å²) in [4.78, 5) is 14.4. The molecular weight excluding hydrogens is 370 g/mol. The number of hydrogen-bond donors (Lipinski definition) is 0. The van der Waals surface area contributed by atoms with Crippen LogP contribution in [0, 0.1) is 0 Å². The normalized spacial score (nSPS) is 10.7. The number of carbonyl (C=O) groups is 1. The third-order valence-electron chi connectivity index (χ3n) is 3.77. The SMILES string of the molecule is CCN(Cc1ccccc1)C(=O)CSc1nnnn1-c1cccc(Cl)c1. The average Bonchev–Trinajstić information content (AvgIpc) is 3.13. The molecule has 1 aromatic heterocycles. The number of nitrogens with zero attached hydrogens (tertiary/aromatic N) is 5. The monoisotopic (exact) mass is 387 g/mol. The van der Waals surface area contributed by atoms with Gasteiger partial charge in [-0.15, -0.1) is 5.10 Å². The zero-order chi connectivity index (χ0) is 18.4. The molecule has 2 aromatic carbocycles. The van der Waals surface area contributed by atoms with Crippen LogP contribution in [-0.2, 0) is 11.3 Å². The van der Waals surface area contributed by atoms with Crippen molar-refractivity contribution in [3.63, 3.8) is 0 Å². The molecule has 134 valence electrons. The van der Waals surface area contributed by atoms with E-state index in [0.29, 0.717) is 23.3 Å². The highest BCUT2D eigenvalue weighted by atomic mass is 35.5. The van der Waals surface area contributed by atoms with E-state index in [1.54, 1.807) is 16.8 Å². The maximum Gasteiger partial charge on any atom is 0.233 e. The van der Waals surface area contributed by atoms with E-state index in [9.17, 15) is 4.79 Å². The molecule has 0 aliphatic rings. The number of rotatable bonds is 7. The molecule has 6 nitrogen and oxygen atoms in total. The predicted octanol–water partition coefficient (Wildman–Crippen LogP) is 3.46. The van der Waals surface area contributed by atoms with E-state index in [1.165, 1.54) is 11.8 Å². The lowest BCUT2D eigenvalue weighted by atomic mass is 10.2. The van der Waals surface area contributed by atoms with Gasteiger partial charge in [-0.1, -0.05) is 59.8 Å². The number of benzene rings is 2. The topological polar surface area (TPSA) is 63.9 Å². The molecule has 0 saturated carbocycles. The molecule has 0 radical (unpaired) electrons. The Morgan fingerprint density at radius 3 is 2.73 bits per heavy atom. The first-order chi connectivity index (χ1) is 12.7. The van der Waals surface area contributed by atoms with Crippen LogP contribution in [0.2, 0.25) is 5.02 Å². The van der Waals surface area contributed by atoms with E-state index >= 15 is 0 Å². The van der Waals surface area contributed by atoms with Crippen molar-refractivity contribution in [3.8, 4) is 5.69 Å². The minimum absolute atomic E-state index is 0.0435. The molecule has 0 spiro atoms. The van der Waals surface area contributed by atoms with E-state index in [-0.39, 0.29) is 11.7 Å². The minimum Gasteiger partial charge on any atom is -0.338 e. The maximum absolute atomic E-state index is 12.6. The molecule has 3 aromatic rings. The Bertz CT molecular complexity index is 871. The number of carbonyl (C=O) groups excluding carboxylic acids is 1. The molecular formula is C18H18ClN5OS. The Hall–Kier alpha value is -2.38. The zero-order valence-corrected chi connectivity index (χ0v) is 15.8. The quantitative estimate of drug-likeness (QED) is 0.581. The molecule has 3 rings (SSSR count). The molecule has 0 N–H and O–H groups in total. The highest BCUT2D eigenvalue weighted by molar-refractivity contribution is 7.99. The molecule has 0 aliphatic heterocycles. The van der Waals surface area contributed by atoms with E-state index < -0.39 is 0 Å². The summed E-state index contributed by atoms with van der Waals surface area (Å²) in [6.45, 7) is 3.21. The minimum atomic E-state index is 0.0435. The van der Waals surface area contributed by atoms with Gasteiger partial charge in [0, 0.05) is 18.1 Å². The van der Waals surface area contributed by atoms with Crippen LogP contribution in [0.3, 0.4) is 0 Å². The van der Waals surface area contributed by atoms with Crippen LogP contribution < -0.4 is 0 Å². The van der Waals surface area contributed by atoms with Gasteiger partial charge in [0.1, 0.15) is 0 Å². The Balaban J connectivity index is 1.65. The highest BCUT2D eigenvalue weighted by Gasteiger charge is 2.16. The molecule has 0 aliphatic carbocycles. The van der Waals surface area contributed by atoms with Crippen LogP contribution in [0.15, 0.2) is 59.8 Å². The molecule has 0 saturated heterocycles. The number of amides is 1. The number of hydrogen-bond acceptors (Lipinski definition) is 5. The standard InChI is InChI=1S/C18H18ClN5OS/c1-2-23(12-14-7-4-3-5-8-14)17(25)13-26-18-20-21-22-24(18)16-10-6-9-15(19)11-16/h3-11H,2,12-13H2,1H3. The second-order valence-electron chi connectivity index (χ2n) is 5.54. The predicted molar refractivity (Wildman–Crippen MR) is 102 cm³/mol. The number of thioether (sulfide) groups is 1. The Labute approximate surface area is 161 Å². The summed E-state index contributed by atoms with van der Waals surface area (Å²) >= 11 is 7.34. The summed E-state index contributed by atoms with van der Waals surface area (Å²) in [5.74, 6) is 0.309. The van der Waals surface area contributed by atoms with Gasteiger partial charge < -0.3 is 4.90 Å². The van der Waals surface area contributed by atoms with Crippen LogP contribution in [0.4, 0.5) is 0 Å². The van der Waals surface area contributed by atoms with Crippen molar-refractivity contribution in [1.29, 1.82) is 0 Å². The lowest BCUT2D eigenvalue weighted by Crippen LogP contribution is -2.31. The van der Waals surface area contributed by atoms with Crippen LogP contribution in [0.1, 0.15) is 12.5 Å². The van der Waals surface area contributed by atoms with Gasteiger partial charge in [0.2, 0.25) is 11.1 Å². The third-order valence-corrected chi connectivity index (χ3v) is 4.91.